The maximum Gasteiger partial charge on any atom is 0.416 e. The molecule has 2 aliphatic heterocycles. The first-order chi connectivity index (χ1) is 24.8. The first kappa shape index (κ1) is 35.5. The van der Waals surface area contributed by atoms with Crippen LogP contribution in [0.2, 0.25) is 5.02 Å². The van der Waals surface area contributed by atoms with Crippen molar-refractivity contribution in [3.8, 4) is 5.75 Å². The van der Waals surface area contributed by atoms with Crippen LogP contribution < -0.4 is 15.6 Å². The zero-order chi connectivity index (χ0) is 36.9. The number of halogens is 5. The average molecular weight is 802 g/mol. The van der Waals surface area contributed by atoms with Crippen molar-refractivity contribution in [3.63, 3.8) is 0 Å². The number of fused-ring (bicyclic) bond motifs is 3. The van der Waals surface area contributed by atoms with Crippen molar-refractivity contribution in [1.82, 2.24) is 34.0 Å². The number of piperidine rings is 1. The molecule has 1 fully saturated rings. The lowest BCUT2D eigenvalue weighted by Crippen LogP contribution is -2.47. The van der Waals surface area contributed by atoms with Gasteiger partial charge in [0, 0.05) is 13.1 Å². The zero-order valence-corrected chi connectivity index (χ0v) is 29.9. The smallest absolute Gasteiger partial charge is 0.416 e. The number of rotatable bonds is 7. The Morgan fingerprint density at radius 2 is 1.87 bits per heavy atom. The van der Waals surface area contributed by atoms with Gasteiger partial charge in [-0.25, -0.2) is 9.97 Å². The Morgan fingerprint density at radius 3 is 2.56 bits per heavy atom. The number of ether oxygens (including phenoxy) is 2. The Morgan fingerprint density at radius 1 is 1.13 bits per heavy atom. The van der Waals surface area contributed by atoms with Crippen LogP contribution in [-0.4, -0.2) is 58.9 Å². The minimum atomic E-state index is -4.61. The average Bonchev–Trinajstić information content (AvgIpc) is 3.64. The van der Waals surface area contributed by atoms with Gasteiger partial charge in [0.1, 0.15) is 25.1 Å². The molecule has 1 spiro atoms. The summed E-state index contributed by atoms with van der Waals surface area (Å²) in [5.41, 5.74) is -0.380. The molecule has 18 heteroatoms. The van der Waals surface area contributed by atoms with E-state index < -0.39 is 41.5 Å². The SMILES string of the molecule is Cc1ncnc(C(=O)N2CCC3(CC2)OC(C)c2c3c(=O)n3nc(Br)nc3n2CC(=O)Nc2ccc(C(F)(F)F)cc2Cl)c1OCc1ccccc1. The molecule has 13 nitrogen and oxygen atoms in total. The zero-order valence-electron chi connectivity index (χ0n) is 27.6. The standard InChI is InChI=1S/C34H29BrClF3N8O5/c1-18-28(51-16-20-6-4-3-5-7-20)26(41-17-40-18)30(50)45-12-10-33(11-13-45)25-27(19(2)52-33)46(32-43-31(35)44-47(32)29(25)49)15-24(48)42-23-9-8-21(14-22(23)36)34(37,38)39/h3-9,14,17,19H,10-13,15-16H2,1-2H3,(H,42,48). The lowest BCUT2D eigenvalue weighted by Gasteiger charge is -2.39. The summed E-state index contributed by atoms with van der Waals surface area (Å²) in [5.74, 6) is -0.675. The van der Waals surface area contributed by atoms with Crippen LogP contribution >= 0.6 is 27.5 Å². The molecule has 7 rings (SSSR count). The van der Waals surface area contributed by atoms with E-state index in [1.54, 1.807) is 18.7 Å². The number of aromatic nitrogens is 6. The highest BCUT2D eigenvalue weighted by atomic mass is 79.9. The van der Waals surface area contributed by atoms with Gasteiger partial charge in [-0.2, -0.15) is 22.7 Å². The van der Waals surface area contributed by atoms with E-state index >= 15 is 0 Å². The van der Waals surface area contributed by atoms with E-state index in [2.05, 4.69) is 41.3 Å². The van der Waals surface area contributed by atoms with Gasteiger partial charge in [0.05, 0.1) is 39.3 Å². The number of alkyl halides is 3. The Kier molecular flexibility index (Phi) is 9.29. The van der Waals surface area contributed by atoms with Crippen molar-refractivity contribution < 1.29 is 32.2 Å². The van der Waals surface area contributed by atoms with E-state index in [0.29, 0.717) is 11.4 Å². The molecule has 2 aromatic carbocycles. The summed E-state index contributed by atoms with van der Waals surface area (Å²) >= 11 is 9.31. The minimum absolute atomic E-state index is 0.0265. The van der Waals surface area contributed by atoms with Crippen LogP contribution in [0.4, 0.5) is 18.9 Å². The summed E-state index contributed by atoms with van der Waals surface area (Å²) < 4.78 is 54.7. The van der Waals surface area contributed by atoms with Gasteiger partial charge >= 0.3 is 6.18 Å². The number of carbonyl (C=O) groups is 2. The third-order valence-corrected chi connectivity index (χ3v) is 9.79. The molecule has 1 atom stereocenters. The van der Waals surface area contributed by atoms with Crippen molar-refractivity contribution in [1.29, 1.82) is 0 Å². The molecule has 2 amide bonds. The normalized spacial score (nSPS) is 16.7. The van der Waals surface area contributed by atoms with Crippen molar-refractivity contribution in [2.45, 2.75) is 57.7 Å². The second-order valence-corrected chi connectivity index (χ2v) is 13.6. The third kappa shape index (κ3) is 6.52. The summed E-state index contributed by atoms with van der Waals surface area (Å²) in [7, 11) is 0. The quantitative estimate of drug-likeness (QED) is 0.214. The predicted octanol–water partition coefficient (Wildman–Crippen LogP) is 5.86. The monoisotopic (exact) mass is 800 g/mol. The Hall–Kier alpha value is -4.87. The molecule has 3 aromatic heterocycles. The molecule has 0 bridgehead atoms. The molecule has 1 unspecified atom stereocenters. The Bertz CT molecular complexity index is 2280. The number of hydrogen-bond donors (Lipinski definition) is 1. The number of hydrogen-bond acceptors (Lipinski definition) is 9. The largest absolute Gasteiger partial charge is 0.485 e. The van der Waals surface area contributed by atoms with Gasteiger partial charge in [-0.05, 0) is 66.4 Å². The fraction of sp³-hybridized carbons (Fsp3) is 0.324. The molecule has 52 heavy (non-hydrogen) atoms. The van der Waals surface area contributed by atoms with E-state index in [1.165, 1.54) is 10.9 Å². The highest BCUT2D eigenvalue weighted by Crippen LogP contribution is 2.48. The van der Waals surface area contributed by atoms with Gasteiger partial charge in [0.25, 0.3) is 11.5 Å². The summed E-state index contributed by atoms with van der Waals surface area (Å²) in [5, 5.41) is 6.46. The predicted molar refractivity (Wildman–Crippen MR) is 184 cm³/mol. The molecule has 0 aliphatic carbocycles. The van der Waals surface area contributed by atoms with Crippen LogP contribution in [-0.2, 0) is 34.5 Å². The molecule has 5 heterocycles. The summed E-state index contributed by atoms with van der Waals surface area (Å²) in [6, 6.07) is 12.1. The minimum Gasteiger partial charge on any atom is -0.485 e. The maximum atomic E-state index is 14.1. The third-order valence-electron chi connectivity index (χ3n) is 9.14. The number of nitrogens with one attached hydrogen (secondary N) is 1. The van der Waals surface area contributed by atoms with E-state index in [4.69, 9.17) is 21.1 Å². The highest BCUT2D eigenvalue weighted by Gasteiger charge is 2.50. The van der Waals surface area contributed by atoms with Crippen LogP contribution in [0.1, 0.15) is 64.4 Å². The van der Waals surface area contributed by atoms with Crippen molar-refractivity contribution in [3.05, 3.63) is 109 Å². The first-order valence-electron chi connectivity index (χ1n) is 16.1. The second-order valence-electron chi connectivity index (χ2n) is 12.4. The van der Waals surface area contributed by atoms with Crippen molar-refractivity contribution in [2.75, 3.05) is 18.4 Å². The van der Waals surface area contributed by atoms with Gasteiger partial charge in [-0.15, -0.1) is 5.10 Å². The topological polar surface area (TPSA) is 146 Å². The van der Waals surface area contributed by atoms with Gasteiger partial charge in [0.15, 0.2) is 11.4 Å². The lowest BCUT2D eigenvalue weighted by atomic mass is 9.85. The van der Waals surface area contributed by atoms with Gasteiger partial charge in [0.2, 0.25) is 16.4 Å². The molecule has 5 aromatic rings. The first-order valence-corrected chi connectivity index (χ1v) is 17.2. The van der Waals surface area contributed by atoms with E-state index in [1.807, 2.05) is 30.3 Å². The van der Waals surface area contributed by atoms with Crippen LogP contribution in [0, 0.1) is 6.92 Å². The maximum absolute atomic E-state index is 14.1. The van der Waals surface area contributed by atoms with Crippen molar-refractivity contribution in [2.24, 2.45) is 0 Å². The Balaban J connectivity index is 1.15. The molecule has 0 radical (unpaired) electrons. The van der Waals surface area contributed by atoms with Crippen LogP contribution in [0.3, 0.4) is 0 Å². The van der Waals surface area contributed by atoms with Gasteiger partial charge in [-0.1, -0.05) is 41.9 Å². The van der Waals surface area contributed by atoms with Gasteiger partial charge in [-0.3, -0.25) is 14.4 Å². The van der Waals surface area contributed by atoms with E-state index in [9.17, 15) is 27.6 Å². The summed E-state index contributed by atoms with van der Waals surface area (Å²) in [6.45, 7) is 3.71. The highest BCUT2D eigenvalue weighted by molar-refractivity contribution is 9.10. The Labute approximate surface area is 306 Å². The number of aryl methyl sites for hydroxylation is 1. The molecular formula is C34H29BrClF3N8O5. The number of amides is 2. The summed E-state index contributed by atoms with van der Waals surface area (Å²) in [6.07, 6.45) is -3.50. The van der Waals surface area contributed by atoms with Crippen molar-refractivity contribution >= 4 is 50.8 Å². The number of nitrogens with zero attached hydrogens (tertiary/aromatic N) is 7. The molecule has 270 valence electrons. The lowest BCUT2D eigenvalue weighted by molar-refractivity contribution is -0.137. The van der Waals surface area contributed by atoms with Crippen LogP contribution in [0.15, 0.2) is 64.4 Å². The second kappa shape index (κ2) is 13.6. The van der Waals surface area contributed by atoms with E-state index in [0.717, 1.165) is 28.3 Å². The number of benzene rings is 2. The van der Waals surface area contributed by atoms with Gasteiger partial charge < -0.3 is 24.3 Å². The number of anilines is 1. The van der Waals surface area contributed by atoms with E-state index in [-0.39, 0.29) is 76.7 Å². The van der Waals surface area contributed by atoms with Crippen LogP contribution in [0.25, 0.3) is 5.78 Å². The molecule has 2 aliphatic rings. The number of likely N-dealkylation sites (tertiary alicyclic amines) is 1. The van der Waals surface area contributed by atoms with Crippen LogP contribution in [0.5, 0.6) is 5.75 Å². The summed E-state index contributed by atoms with van der Waals surface area (Å²) in [4.78, 5) is 55.8. The fourth-order valence-electron chi connectivity index (χ4n) is 6.74. The molecular weight excluding hydrogens is 773 g/mol. The number of carbonyl (C=O) groups excluding carboxylic acids is 2. The molecule has 0 saturated carbocycles. The molecule has 1 saturated heterocycles. The fourth-order valence-corrected chi connectivity index (χ4v) is 7.29. The molecule has 1 N–H and O–H groups in total.